The molecule has 0 spiro atoms. The predicted octanol–water partition coefficient (Wildman–Crippen LogP) is 1.15. The summed E-state index contributed by atoms with van der Waals surface area (Å²) in [5, 5.41) is 15.1. The zero-order valence-corrected chi connectivity index (χ0v) is 11.4. The molecule has 0 saturated carbocycles. The smallest absolute Gasteiger partial charge is 0.241 e. The summed E-state index contributed by atoms with van der Waals surface area (Å²) in [4.78, 5) is 12.3. The molecule has 2 unspecified atom stereocenters. The van der Waals surface area contributed by atoms with E-state index in [0.717, 1.165) is 31.4 Å². The number of benzene rings is 1. The summed E-state index contributed by atoms with van der Waals surface area (Å²) in [6.07, 6.45) is 2.49. The number of carbonyl (C=O) groups excluding carboxylic acids is 1. The van der Waals surface area contributed by atoms with Crippen LogP contribution in [0.25, 0.3) is 0 Å². The van der Waals surface area contributed by atoms with Crippen LogP contribution in [0.2, 0.25) is 0 Å². The molecule has 4 heteroatoms. The quantitative estimate of drug-likeness (QED) is 0.746. The molecule has 1 amide bonds. The summed E-state index contributed by atoms with van der Waals surface area (Å²) in [5.41, 5.74) is 2.34. The van der Waals surface area contributed by atoms with E-state index in [-0.39, 0.29) is 24.6 Å². The second-order valence-electron chi connectivity index (χ2n) is 5.11. The molecule has 0 aliphatic carbocycles. The van der Waals surface area contributed by atoms with E-state index in [4.69, 9.17) is 5.11 Å². The van der Waals surface area contributed by atoms with E-state index in [2.05, 4.69) is 16.7 Å². The van der Waals surface area contributed by atoms with Crippen molar-refractivity contribution in [3.63, 3.8) is 0 Å². The minimum absolute atomic E-state index is 0.0255. The molecule has 3 N–H and O–H groups in total. The van der Waals surface area contributed by atoms with E-state index in [1.165, 1.54) is 5.56 Å². The molecule has 0 radical (unpaired) electrons. The third kappa shape index (κ3) is 3.55. The minimum Gasteiger partial charge on any atom is -0.396 e. The van der Waals surface area contributed by atoms with Crippen molar-refractivity contribution >= 4 is 5.91 Å². The Labute approximate surface area is 114 Å². The Hall–Kier alpha value is -1.39. The van der Waals surface area contributed by atoms with Crippen LogP contribution in [-0.4, -0.2) is 30.2 Å². The van der Waals surface area contributed by atoms with Crippen molar-refractivity contribution in [2.45, 2.75) is 38.3 Å². The van der Waals surface area contributed by atoms with E-state index < -0.39 is 0 Å². The van der Waals surface area contributed by atoms with Crippen molar-refractivity contribution in [3.05, 3.63) is 35.4 Å². The molecule has 0 fully saturated rings. The van der Waals surface area contributed by atoms with E-state index in [9.17, 15) is 4.79 Å². The number of aliphatic hydroxyl groups excluding tert-OH is 1. The van der Waals surface area contributed by atoms with Gasteiger partial charge < -0.3 is 15.7 Å². The number of rotatable bonds is 5. The van der Waals surface area contributed by atoms with Crippen LogP contribution in [0.15, 0.2) is 24.3 Å². The fourth-order valence-corrected chi connectivity index (χ4v) is 2.53. The van der Waals surface area contributed by atoms with Crippen LogP contribution in [0.4, 0.5) is 0 Å². The van der Waals surface area contributed by atoms with Gasteiger partial charge in [-0.15, -0.1) is 0 Å². The number of aliphatic hydroxyl groups is 1. The lowest BCUT2D eigenvalue weighted by Gasteiger charge is -2.27. The second kappa shape index (κ2) is 6.68. The summed E-state index contributed by atoms with van der Waals surface area (Å²) in [7, 11) is 0. The van der Waals surface area contributed by atoms with Crippen molar-refractivity contribution in [2.75, 3.05) is 13.2 Å². The molecule has 0 aromatic heterocycles. The van der Waals surface area contributed by atoms with Crippen LogP contribution in [0, 0.1) is 0 Å². The van der Waals surface area contributed by atoms with Gasteiger partial charge in [0.05, 0.1) is 0 Å². The van der Waals surface area contributed by atoms with Gasteiger partial charge in [-0.3, -0.25) is 4.79 Å². The molecule has 1 aromatic carbocycles. The molecule has 19 heavy (non-hydrogen) atoms. The molecule has 0 bridgehead atoms. The van der Waals surface area contributed by atoms with Crippen molar-refractivity contribution < 1.29 is 9.90 Å². The molecule has 1 aliphatic rings. The zero-order chi connectivity index (χ0) is 13.7. The van der Waals surface area contributed by atoms with Crippen LogP contribution in [0.1, 0.15) is 36.9 Å². The number of hydrogen-bond donors (Lipinski definition) is 3. The van der Waals surface area contributed by atoms with Crippen LogP contribution in [0.5, 0.6) is 0 Å². The van der Waals surface area contributed by atoms with Gasteiger partial charge in [-0.1, -0.05) is 24.3 Å². The minimum atomic E-state index is -0.249. The average molecular weight is 262 g/mol. The molecule has 2 rings (SSSR count). The molecular weight excluding hydrogens is 240 g/mol. The number of amides is 1. The summed E-state index contributed by atoms with van der Waals surface area (Å²) in [6, 6.07) is 7.94. The zero-order valence-electron chi connectivity index (χ0n) is 11.4. The first-order chi connectivity index (χ1) is 9.22. The molecule has 104 valence electrons. The maximum Gasteiger partial charge on any atom is 0.241 e. The molecular formula is C15H22N2O2. The van der Waals surface area contributed by atoms with Crippen LogP contribution < -0.4 is 10.6 Å². The standard InChI is InChI=1S/C15H22N2O2/c1-11(5-4-10-18)17-15(19)14-13-7-3-2-6-12(13)8-9-16-14/h2-3,6-7,11,14,16,18H,4-5,8-10H2,1H3,(H,17,19). The van der Waals surface area contributed by atoms with E-state index >= 15 is 0 Å². The largest absolute Gasteiger partial charge is 0.396 e. The Morgan fingerprint density at radius 3 is 3.11 bits per heavy atom. The molecule has 1 heterocycles. The van der Waals surface area contributed by atoms with Crippen molar-refractivity contribution in [3.8, 4) is 0 Å². The van der Waals surface area contributed by atoms with Gasteiger partial charge in [0.2, 0.25) is 5.91 Å². The Morgan fingerprint density at radius 1 is 1.53 bits per heavy atom. The third-order valence-corrected chi connectivity index (χ3v) is 3.55. The monoisotopic (exact) mass is 262 g/mol. The highest BCUT2D eigenvalue weighted by Crippen LogP contribution is 2.22. The van der Waals surface area contributed by atoms with Gasteiger partial charge in [-0.2, -0.15) is 0 Å². The van der Waals surface area contributed by atoms with Gasteiger partial charge in [0.1, 0.15) is 6.04 Å². The Bertz CT molecular complexity index is 434. The van der Waals surface area contributed by atoms with Gasteiger partial charge in [0.15, 0.2) is 0 Å². The highest BCUT2D eigenvalue weighted by Gasteiger charge is 2.26. The third-order valence-electron chi connectivity index (χ3n) is 3.55. The summed E-state index contributed by atoms with van der Waals surface area (Å²) >= 11 is 0. The van der Waals surface area contributed by atoms with Gasteiger partial charge in [0, 0.05) is 19.2 Å². The van der Waals surface area contributed by atoms with Crippen LogP contribution in [-0.2, 0) is 11.2 Å². The number of carbonyl (C=O) groups is 1. The first-order valence-corrected chi connectivity index (χ1v) is 6.95. The fourth-order valence-electron chi connectivity index (χ4n) is 2.53. The maximum absolute atomic E-state index is 12.3. The fraction of sp³-hybridized carbons (Fsp3) is 0.533. The van der Waals surface area contributed by atoms with E-state index in [0.29, 0.717) is 0 Å². The summed E-state index contributed by atoms with van der Waals surface area (Å²) in [5.74, 6) is 0.0255. The SMILES string of the molecule is CC(CCCO)NC(=O)C1NCCc2ccccc21. The average Bonchev–Trinajstić information content (AvgIpc) is 2.44. The number of hydrogen-bond acceptors (Lipinski definition) is 3. The first-order valence-electron chi connectivity index (χ1n) is 6.95. The maximum atomic E-state index is 12.3. The lowest BCUT2D eigenvalue weighted by atomic mass is 9.93. The number of nitrogens with one attached hydrogen (secondary N) is 2. The normalized spacial score (nSPS) is 19.6. The lowest BCUT2D eigenvalue weighted by Crippen LogP contribution is -2.44. The van der Waals surface area contributed by atoms with E-state index in [1.54, 1.807) is 0 Å². The second-order valence-corrected chi connectivity index (χ2v) is 5.11. The first kappa shape index (κ1) is 14.0. The van der Waals surface area contributed by atoms with Crippen molar-refractivity contribution in [2.24, 2.45) is 0 Å². The van der Waals surface area contributed by atoms with E-state index in [1.807, 2.05) is 25.1 Å². The summed E-state index contributed by atoms with van der Waals surface area (Å²) < 4.78 is 0. The lowest BCUT2D eigenvalue weighted by molar-refractivity contribution is -0.124. The highest BCUT2D eigenvalue weighted by molar-refractivity contribution is 5.84. The molecule has 2 atom stereocenters. The Kier molecular flexibility index (Phi) is 4.93. The molecule has 1 aromatic rings. The van der Waals surface area contributed by atoms with Crippen molar-refractivity contribution in [1.29, 1.82) is 0 Å². The number of fused-ring (bicyclic) bond motifs is 1. The van der Waals surface area contributed by atoms with Gasteiger partial charge in [-0.25, -0.2) is 0 Å². The van der Waals surface area contributed by atoms with Crippen LogP contribution in [0.3, 0.4) is 0 Å². The Balaban J connectivity index is 2.00. The molecule has 4 nitrogen and oxygen atoms in total. The topological polar surface area (TPSA) is 61.4 Å². The molecule has 1 aliphatic heterocycles. The predicted molar refractivity (Wildman–Crippen MR) is 74.8 cm³/mol. The molecule has 0 saturated heterocycles. The van der Waals surface area contributed by atoms with Crippen LogP contribution >= 0.6 is 0 Å². The highest BCUT2D eigenvalue weighted by atomic mass is 16.3. The summed E-state index contributed by atoms with van der Waals surface area (Å²) in [6.45, 7) is 2.98. The van der Waals surface area contributed by atoms with Gasteiger partial charge in [-0.05, 0) is 37.3 Å². The van der Waals surface area contributed by atoms with Gasteiger partial charge in [0.25, 0.3) is 0 Å². The van der Waals surface area contributed by atoms with Crippen molar-refractivity contribution in [1.82, 2.24) is 10.6 Å². The van der Waals surface area contributed by atoms with Gasteiger partial charge >= 0.3 is 0 Å². The Morgan fingerprint density at radius 2 is 2.32 bits per heavy atom.